The van der Waals surface area contributed by atoms with Crippen molar-refractivity contribution in [1.29, 1.82) is 0 Å². The fraction of sp³-hybridized carbons (Fsp3) is 0.207. The van der Waals surface area contributed by atoms with Gasteiger partial charge in [-0.15, -0.1) is 11.3 Å². The number of hydrogen-bond donors (Lipinski definition) is 1. The molecule has 0 saturated carbocycles. The SMILES string of the molecule is CC(C)(O)C(C)(C)OBc1cccc2c1sc1c(-c3nc4cc5ccccc5cc4o3)cccc12. The average molecular weight is 479 g/mol. The zero-order valence-corrected chi connectivity index (χ0v) is 21.1. The van der Waals surface area contributed by atoms with Crippen molar-refractivity contribution in [3.63, 3.8) is 0 Å². The van der Waals surface area contributed by atoms with Crippen molar-refractivity contribution in [2.45, 2.75) is 38.9 Å². The standard InChI is InChI=1S/C29H26BNO3S/c1-28(2,32)29(3,4)34-30-22-14-8-12-20-19-11-7-13-21(25(19)35-26(20)22)27-31-23-15-17-9-5-6-10-18(17)16-24(23)33-27/h5-16,30,32H,1-4H3. The van der Waals surface area contributed by atoms with Gasteiger partial charge in [0.05, 0.1) is 16.8 Å². The van der Waals surface area contributed by atoms with Crippen LogP contribution in [0.25, 0.3) is 53.5 Å². The van der Waals surface area contributed by atoms with Crippen LogP contribution in [0, 0.1) is 0 Å². The summed E-state index contributed by atoms with van der Waals surface area (Å²) >= 11 is 1.74. The summed E-state index contributed by atoms with van der Waals surface area (Å²) in [6.45, 7) is 7.41. The molecule has 4 nitrogen and oxygen atoms in total. The van der Waals surface area contributed by atoms with Crippen molar-refractivity contribution in [2.75, 3.05) is 0 Å². The van der Waals surface area contributed by atoms with Crippen LogP contribution in [0.15, 0.2) is 77.2 Å². The number of nitrogens with zero attached hydrogens (tertiary/aromatic N) is 1. The molecule has 0 atom stereocenters. The molecule has 1 N–H and O–H groups in total. The highest BCUT2D eigenvalue weighted by atomic mass is 32.1. The molecule has 6 heteroatoms. The second-order valence-corrected chi connectivity index (χ2v) is 11.1. The highest BCUT2D eigenvalue weighted by Crippen LogP contribution is 2.40. The Morgan fingerprint density at radius 2 is 1.54 bits per heavy atom. The monoisotopic (exact) mass is 479 g/mol. The zero-order chi connectivity index (χ0) is 24.4. The summed E-state index contributed by atoms with van der Waals surface area (Å²) in [5, 5.41) is 15.2. The molecule has 0 radical (unpaired) electrons. The summed E-state index contributed by atoms with van der Waals surface area (Å²) in [6, 6.07) is 25.0. The summed E-state index contributed by atoms with van der Waals surface area (Å²) < 4.78 is 14.8. The van der Waals surface area contributed by atoms with Crippen LogP contribution in [0.1, 0.15) is 27.7 Å². The molecule has 0 spiro atoms. The molecule has 6 aromatic rings. The van der Waals surface area contributed by atoms with Gasteiger partial charge in [0.2, 0.25) is 5.89 Å². The van der Waals surface area contributed by atoms with E-state index in [1.54, 1.807) is 25.2 Å². The highest BCUT2D eigenvalue weighted by Gasteiger charge is 2.35. The maximum atomic E-state index is 10.5. The van der Waals surface area contributed by atoms with Crippen LogP contribution in [0.5, 0.6) is 0 Å². The molecule has 0 aliphatic heterocycles. The van der Waals surface area contributed by atoms with Crippen LogP contribution in [0.2, 0.25) is 0 Å². The van der Waals surface area contributed by atoms with Crippen molar-refractivity contribution in [1.82, 2.24) is 4.98 Å². The molecule has 2 aromatic heterocycles. The molecule has 0 aliphatic rings. The largest absolute Gasteiger partial charge is 0.436 e. The Bertz CT molecular complexity index is 1670. The van der Waals surface area contributed by atoms with Crippen LogP contribution >= 0.6 is 11.3 Å². The van der Waals surface area contributed by atoms with E-state index in [0.29, 0.717) is 13.4 Å². The predicted molar refractivity (Wildman–Crippen MR) is 148 cm³/mol. The Hall–Kier alpha value is -3.19. The van der Waals surface area contributed by atoms with Crippen molar-refractivity contribution < 1.29 is 14.2 Å². The Balaban J connectivity index is 1.47. The molecule has 35 heavy (non-hydrogen) atoms. The molecular weight excluding hydrogens is 453 g/mol. The average Bonchev–Trinajstić information content (AvgIpc) is 3.41. The summed E-state index contributed by atoms with van der Waals surface area (Å²) in [5.41, 5.74) is 2.12. The van der Waals surface area contributed by atoms with E-state index in [9.17, 15) is 5.11 Å². The lowest BCUT2D eigenvalue weighted by atomic mass is 9.82. The number of benzene rings is 4. The van der Waals surface area contributed by atoms with Gasteiger partial charge in [0, 0.05) is 14.8 Å². The van der Waals surface area contributed by atoms with Gasteiger partial charge in [0.25, 0.3) is 0 Å². The third kappa shape index (κ3) is 3.73. The van der Waals surface area contributed by atoms with Gasteiger partial charge in [0.1, 0.15) is 5.52 Å². The lowest BCUT2D eigenvalue weighted by molar-refractivity contribution is -0.0893. The van der Waals surface area contributed by atoms with Gasteiger partial charge in [-0.1, -0.05) is 54.6 Å². The first kappa shape index (κ1) is 22.3. The normalized spacial score (nSPS) is 12.8. The molecule has 6 rings (SSSR count). The molecule has 0 saturated heterocycles. The van der Waals surface area contributed by atoms with E-state index >= 15 is 0 Å². The van der Waals surface area contributed by atoms with Gasteiger partial charge < -0.3 is 14.2 Å². The maximum absolute atomic E-state index is 10.5. The summed E-state index contributed by atoms with van der Waals surface area (Å²) in [7, 11) is 0.423. The minimum absolute atomic E-state index is 0.423. The topological polar surface area (TPSA) is 55.5 Å². The van der Waals surface area contributed by atoms with Gasteiger partial charge in [-0.25, -0.2) is 4.98 Å². The van der Waals surface area contributed by atoms with Crippen molar-refractivity contribution in [3.8, 4) is 11.5 Å². The van der Waals surface area contributed by atoms with Crippen LogP contribution in [-0.2, 0) is 4.65 Å². The quantitative estimate of drug-likeness (QED) is 0.285. The summed E-state index contributed by atoms with van der Waals surface area (Å²) in [4.78, 5) is 4.86. The number of thiophene rings is 1. The van der Waals surface area contributed by atoms with Crippen LogP contribution in [0.3, 0.4) is 0 Å². The predicted octanol–water partition coefficient (Wildman–Crippen LogP) is 6.56. The number of rotatable bonds is 5. The van der Waals surface area contributed by atoms with Gasteiger partial charge in [-0.05, 0) is 67.5 Å². The molecule has 0 bridgehead atoms. The minimum atomic E-state index is -0.952. The maximum Gasteiger partial charge on any atom is 0.310 e. The molecule has 174 valence electrons. The molecule has 0 fully saturated rings. The van der Waals surface area contributed by atoms with Gasteiger partial charge in [0.15, 0.2) is 5.58 Å². The molecule has 0 unspecified atom stereocenters. The first-order chi connectivity index (χ1) is 16.7. The minimum Gasteiger partial charge on any atom is -0.436 e. The lowest BCUT2D eigenvalue weighted by Crippen LogP contribution is -2.49. The zero-order valence-electron chi connectivity index (χ0n) is 20.3. The molecule has 0 amide bonds. The van der Waals surface area contributed by atoms with E-state index in [1.807, 2.05) is 26.0 Å². The Kier molecular flexibility index (Phi) is 5.04. The number of fused-ring (bicyclic) bond motifs is 5. The van der Waals surface area contributed by atoms with Crippen molar-refractivity contribution in [2.24, 2.45) is 0 Å². The highest BCUT2D eigenvalue weighted by molar-refractivity contribution is 7.27. The number of hydrogen-bond acceptors (Lipinski definition) is 5. The second-order valence-electron chi connectivity index (χ2n) is 10.1. The van der Waals surface area contributed by atoms with E-state index in [2.05, 4.69) is 60.7 Å². The van der Waals surface area contributed by atoms with Gasteiger partial charge in [-0.2, -0.15) is 0 Å². The van der Waals surface area contributed by atoms with Crippen LogP contribution < -0.4 is 5.46 Å². The Morgan fingerprint density at radius 1 is 0.857 bits per heavy atom. The lowest BCUT2D eigenvalue weighted by Gasteiger charge is -2.37. The fourth-order valence-corrected chi connectivity index (χ4v) is 5.63. The van der Waals surface area contributed by atoms with Gasteiger partial charge in [-0.3, -0.25) is 0 Å². The fourth-order valence-electron chi connectivity index (χ4n) is 4.32. The first-order valence-corrected chi connectivity index (χ1v) is 12.6. The summed E-state index contributed by atoms with van der Waals surface area (Å²) in [5.74, 6) is 0.633. The molecule has 0 aliphatic carbocycles. The van der Waals surface area contributed by atoms with Crippen LogP contribution in [-0.4, -0.2) is 28.8 Å². The van der Waals surface area contributed by atoms with E-state index in [4.69, 9.17) is 14.1 Å². The third-order valence-electron chi connectivity index (χ3n) is 7.15. The number of aliphatic hydroxyl groups is 1. The first-order valence-electron chi connectivity index (χ1n) is 11.8. The van der Waals surface area contributed by atoms with Crippen molar-refractivity contribution >= 4 is 66.3 Å². The Morgan fingerprint density at radius 3 is 2.29 bits per heavy atom. The third-order valence-corrected chi connectivity index (χ3v) is 8.48. The van der Waals surface area contributed by atoms with Gasteiger partial charge >= 0.3 is 7.48 Å². The summed E-state index contributed by atoms with van der Waals surface area (Å²) in [6.07, 6.45) is 0. The number of oxazole rings is 1. The van der Waals surface area contributed by atoms with E-state index in [1.165, 1.54) is 15.5 Å². The Labute approximate surface area is 208 Å². The van der Waals surface area contributed by atoms with E-state index < -0.39 is 11.2 Å². The smallest absolute Gasteiger partial charge is 0.310 e. The number of aromatic nitrogens is 1. The molecule has 4 aromatic carbocycles. The van der Waals surface area contributed by atoms with Crippen molar-refractivity contribution in [3.05, 3.63) is 72.8 Å². The van der Waals surface area contributed by atoms with Crippen LogP contribution in [0.4, 0.5) is 0 Å². The van der Waals surface area contributed by atoms with E-state index in [0.717, 1.165) is 37.6 Å². The molecule has 2 heterocycles. The second kappa shape index (κ2) is 7.92. The molecular formula is C29H26BNO3S. The van der Waals surface area contributed by atoms with E-state index in [-0.39, 0.29) is 0 Å².